The molecule has 0 spiro atoms. The van der Waals surface area contributed by atoms with Crippen molar-refractivity contribution >= 4 is 17.6 Å². The molecular weight excluding hydrogens is 276 g/mol. The monoisotopic (exact) mass is 290 g/mol. The maximum atomic E-state index is 11.1. The van der Waals surface area contributed by atoms with Gasteiger partial charge in [0.1, 0.15) is 0 Å². The Morgan fingerprint density at radius 2 is 2.10 bits per heavy atom. The van der Waals surface area contributed by atoms with Gasteiger partial charge in [-0.15, -0.1) is 0 Å². The van der Waals surface area contributed by atoms with E-state index in [0.717, 1.165) is 0 Å². The molecule has 0 saturated heterocycles. The van der Waals surface area contributed by atoms with Crippen LogP contribution in [0.15, 0.2) is 12.1 Å². The predicted molar refractivity (Wildman–Crippen MR) is 75.0 cm³/mol. The number of carboxylic acid groups (broad SMARTS) is 1. The molecule has 1 amide bonds. The van der Waals surface area contributed by atoms with E-state index in [-0.39, 0.29) is 28.3 Å². The molecule has 0 bridgehead atoms. The summed E-state index contributed by atoms with van der Waals surface area (Å²) in [4.78, 5) is 32.0. The summed E-state index contributed by atoms with van der Waals surface area (Å²) in [5.41, 5.74) is -0.0692. The number of nitrogens with one attached hydrogen (secondary N) is 1. The van der Waals surface area contributed by atoms with E-state index < -0.39 is 10.9 Å². The van der Waals surface area contributed by atoms with Gasteiger partial charge in [0.2, 0.25) is 5.91 Å². The molecule has 0 atom stereocenters. The van der Waals surface area contributed by atoms with E-state index in [1.54, 1.807) is 0 Å². The molecule has 1 aromatic carbocycles. The zero-order valence-electron chi connectivity index (χ0n) is 11.6. The van der Waals surface area contributed by atoms with E-state index in [2.05, 4.69) is 17.2 Å². The highest BCUT2D eigenvalue weighted by Gasteiger charge is 2.19. The zero-order valence-corrected chi connectivity index (χ0v) is 11.6. The van der Waals surface area contributed by atoms with Gasteiger partial charge in [0.15, 0.2) is 0 Å². The minimum atomic E-state index is -1.24. The highest BCUT2D eigenvalue weighted by atomic mass is 16.6. The summed E-state index contributed by atoms with van der Waals surface area (Å²) in [5, 5.41) is 22.5. The van der Waals surface area contributed by atoms with Gasteiger partial charge in [-0.25, -0.2) is 4.79 Å². The largest absolute Gasteiger partial charge is 0.478 e. The number of hydrogen-bond donors (Lipinski definition) is 2. The Kier molecular flexibility index (Phi) is 5.43. The molecular formula is C14H14N2O5. The van der Waals surface area contributed by atoms with Crippen molar-refractivity contribution in [3.05, 3.63) is 38.9 Å². The number of nitro groups is 1. The number of benzene rings is 1. The molecule has 0 heterocycles. The minimum absolute atomic E-state index is 0.0938. The van der Waals surface area contributed by atoms with Crippen molar-refractivity contribution in [2.24, 2.45) is 0 Å². The molecule has 7 nitrogen and oxygen atoms in total. The standard InChI is InChI=1S/C14H14N2O5/c1-9-12(14(18)19)7-11(8-13(9)16(20)21)5-3-4-6-15-10(2)17/h7-8H,4,6H2,1-2H3,(H,15,17)(H,18,19). The van der Waals surface area contributed by atoms with Crippen LogP contribution in [0.2, 0.25) is 0 Å². The van der Waals surface area contributed by atoms with Crippen molar-refractivity contribution in [1.29, 1.82) is 0 Å². The Morgan fingerprint density at radius 3 is 2.62 bits per heavy atom. The Bertz CT molecular complexity index is 620. The summed E-state index contributed by atoms with van der Waals surface area (Å²) in [6.45, 7) is 3.13. The number of nitrogens with zero attached hydrogens (tertiary/aromatic N) is 1. The lowest BCUT2D eigenvalue weighted by Gasteiger charge is -2.03. The molecule has 1 aromatic rings. The first-order valence-electron chi connectivity index (χ1n) is 6.08. The summed E-state index contributed by atoms with van der Waals surface area (Å²) in [6, 6.07) is 2.54. The third kappa shape index (κ3) is 4.62. The minimum Gasteiger partial charge on any atom is -0.478 e. The third-order valence-electron chi connectivity index (χ3n) is 2.66. The second-order valence-corrected chi connectivity index (χ2v) is 4.26. The summed E-state index contributed by atoms with van der Waals surface area (Å²) in [6.07, 6.45) is 0.365. The molecule has 0 unspecified atom stereocenters. The Balaban J connectivity index is 3.03. The number of aromatic carboxylic acids is 1. The average molecular weight is 290 g/mol. The van der Waals surface area contributed by atoms with E-state index in [1.807, 2.05) is 0 Å². The topological polar surface area (TPSA) is 110 Å². The van der Waals surface area contributed by atoms with Crippen LogP contribution in [-0.4, -0.2) is 28.5 Å². The maximum absolute atomic E-state index is 11.1. The van der Waals surface area contributed by atoms with Gasteiger partial charge in [-0.05, 0) is 13.0 Å². The van der Waals surface area contributed by atoms with Gasteiger partial charge < -0.3 is 10.4 Å². The number of carboxylic acids is 1. The second-order valence-electron chi connectivity index (χ2n) is 4.26. The van der Waals surface area contributed by atoms with Gasteiger partial charge in [-0.2, -0.15) is 0 Å². The van der Waals surface area contributed by atoms with Gasteiger partial charge in [0.25, 0.3) is 5.69 Å². The van der Waals surface area contributed by atoms with Crippen LogP contribution in [0.5, 0.6) is 0 Å². The molecule has 0 aliphatic rings. The Morgan fingerprint density at radius 1 is 1.43 bits per heavy atom. The highest BCUT2D eigenvalue weighted by Crippen LogP contribution is 2.23. The normalized spacial score (nSPS) is 9.43. The van der Waals surface area contributed by atoms with Crippen LogP contribution >= 0.6 is 0 Å². The summed E-state index contributed by atoms with van der Waals surface area (Å²) >= 11 is 0. The molecule has 21 heavy (non-hydrogen) atoms. The van der Waals surface area contributed by atoms with Crippen LogP contribution in [0.25, 0.3) is 0 Å². The van der Waals surface area contributed by atoms with Crippen molar-refractivity contribution in [3.8, 4) is 11.8 Å². The van der Waals surface area contributed by atoms with Crippen LogP contribution in [0, 0.1) is 28.9 Å². The SMILES string of the molecule is CC(=O)NCCC#Cc1cc(C(=O)O)c(C)c([N+](=O)[O-])c1. The molecule has 110 valence electrons. The molecule has 0 aliphatic heterocycles. The van der Waals surface area contributed by atoms with Gasteiger partial charge in [0.05, 0.1) is 10.5 Å². The van der Waals surface area contributed by atoms with Gasteiger partial charge in [-0.1, -0.05) is 11.8 Å². The smallest absolute Gasteiger partial charge is 0.336 e. The fourth-order valence-electron chi connectivity index (χ4n) is 1.65. The quantitative estimate of drug-likeness (QED) is 0.378. The Labute approximate surface area is 121 Å². The third-order valence-corrected chi connectivity index (χ3v) is 2.66. The average Bonchev–Trinajstić information content (AvgIpc) is 2.38. The first-order valence-corrected chi connectivity index (χ1v) is 6.08. The lowest BCUT2D eigenvalue weighted by atomic mass is 10.0. The fourth-order valence-corrected chi connectivity index (χ4v) is 1.65. The van der Waals surface area contributed by atoms with Crippen molar-refractivity contribution in [3.63, 3.8) is 0 Å². The number of carbonyl (C=O) groups is 2. The van der Waals surface area contributed by atoms with Crippen molar-refractivity contribution in [2.75, 3.05) is 6.54 Å². The number of amides is 1. The number of nitro benzene ring substituents is 1. The number of rotatable bonds is 4. The molecule has 1 rings (SSSR count). The van der Waals surface area contributed by atoms with E-state index in [1.165, 1.54) is 26.0 Å². The second kappa shape index (κ2) is 7.05. The van der Waals surface area contributed by atoms with E-state index in [4.69, 9.17) is 5.11 Å². The van der Waals surface area contributed by atoms with E-state index in [0.29, 0.717) is 13.0 Å². The van der Waals surface area contributed by atoms with E-state index in [9.17, 15) is 19.7 Å². The fraction of sp³-hybridized carbons (Fsp3) is 0.286. The van der Waals surface area contributed by atoms with Gasteiger partial charge in [-0.3, -0.25) is 14.9 Å². The van der Waals surface area contributed by atoms with Crippen LogP contribution in [0.1, 0.15) is 34.8 Å². The Hall–Kier alpha value is -2.88. The van der Waals surface area contributed by atoms with Crippen LogP contribution in [0.4, 0.5) is 5.69 Å². The molecule has 0 aromatic heterocycles. The molecule has 0 fully saturated rings. The first-order chi connectivity index (χ1) is 9.82. The summed E-state index contributed by atoms with van der Waals surface area (Å²) < 4.78 is 0. The molecule has 7 heteroatoms. The lowest BCUT2D eigenvalue weighted by Crippen LogP contribution is -2.20. The first kappa shape index (κ1) is 16.2. The molecule has 0 saturated carbocycles. The van der Waals surface area contributed by atoms with Crippen molar-refractivity contribution in [2.45, 2.75) is 20.3 Å². The number of hydrogen-bond acceptors (Lipinski definition) is 4. The molecule has 0 aliphatic carbocycles. The van der Waals surface area contributed by atoms with Gasteiger partial charge >= 0.3 is 5.97 Å². The van der Waals surface area contributed by atoms with Crippen molar-refractivity contribution in [1.82, 2.24) is 5.32 Å². The maximum Gasteiger partial charge on any atom is 0.336 e. The summed E-state index contributed by atoms with van der Waals surface area (Å²) in [7, 11) is 0. The zero-order chi connectivity index (χ0) is 16.0. The highest BCUT2D eigenvalue weighted by molar-refractivity contribution is 5.91. The number of carbonyl (C=O) groups excluding carboxylic acids is 1. The van der Waals surface area contributed by atoms with Crippen LogP contribution in [0.3, 0.4) is 0 Å². The van der Waals surface area contributed by atoms with Gasteiger partial charge in [0, 0.05) is 37.1 Å². The summed E-state index contributed by atoms with van der Waals surface area (Å²) in [5.74, 6) is 3.99. The predicted octanol–water partition coefficient (Wildman–Crippen LogP) is 1.48. The van der Waals surface area contributed by atoms with Crippen LogP contribution in [-0.2, 0) is 4.79 Å². The molecule has 2 N–H and O–H groups in total. The molecule has 0 radical (unpaired) electrons. The van der Waals surface area contributed by atoms with Crippen LogP contribution < -0.4 is 5.32 Å². The van der Waals surface area contributed by atoms with Crippen molar-refractivity contribution < 1.29 is 19.6 Å². The lowest BCUT2D eigenvalue weighted by molar-refractivity contribution is -0.385. The van der Waals surface area contributed by atoms with E-state index >= 15 is 0 Å².